The van der Waals surface area contributed by atoms with Crippen LogP contribution in [0.5, 0.6) is 0 Å². The number of hydrogen-bond donors (Lipinski definition) is 1. The molecule has 2 aliphatic heterocycles. The van der Waals surface area contributed by atoms with Crippen molar-refractivity contribution in [2.24, 2.45) is 13.0 Å². The van der Waals surface area contributed by atoms with Gasteiger partial charge in [-0.25, -0.2) is 4.79 Å². The maximum absolute atomic E-state index is 12.6. The summed E-state index contributed by atoms with van der Waals surface area (Å²) in [6.45, 7) is 11.9. The summed E-state index contributed by atoms with van der Waals surface area (Å²) in [7, 11) is 2.02. The van der Waals surface area contributed by atoms with Crippen LogP contribution >= 0.6 is 23.2 Å². The summed E-state index contributed by atoms with van der Waals surface area (Å²) in [6, 6.07) is 5.06. The first kappa shape index (κ1) is 24.3. The third kappa shape index (κ3) is 6.01. The van der Waals surface area contributed by atoms with Crippen LogP contribution in [-0.2, 0) is 13.6 Å². The van der Waals surface area contributed by atoms with E-state index in [2.05, 4.69) is 34.1 Å². The fourth-order valence-corrected chi connectivity index (χ4v) is 5.29. The Kier molecular flexibility index (Phi) is 7.84. The molecule has 180 valence electrons. The smallest absolute Gasteiger partial charge is 0.321 e. The number of aromatic nitrogens is 2. The number of nitrogens with one attached hydrogen (secondary N) is 1. The predicted octanol–water partition coefficient (Wildman–Crippen LogP) is 4.41. The largest absolute Gasteiger partial charge is 0.322 e. The van der Waals surface area contributed by atoms with Crippen LogP contribution in [0.4, 0.5) is 10.5 Å². The topological polar surface area (TPSA) is 56.6 Å². The van der Waals surface area contributed by atoms with E-state index in [1.807, 2.05) is 16.6 Å². The Morgan fingerprint density at radius 3 is 2.52 bits per heavy atom. The van der Waals surface area contributed by atoms with E-state index in [-0.39, 0.29) is 6.03 Å². The highest BCUT2D eigenvalue weighted by Gasteiger charge is 2.27. The number of aryl methyl sites for hydroxylation is 2. The summed E-state index contributed by atoms with van der Waals surface area (Å²) in [5.41, 5.74) is 4.45. The lowest BCUT2D eigenvalue weighted by Crippen LogP contribution is -2.52. The summed E-state index contributed by atoms with van der Waals surface area (Å²) in [6.07, 6.45) is 2.52. The van der Waals surface area contributed by atoms with Crippen molar-refractivity contribution in [2.45, 2.75) is 33.2 Å². The molecule has 2 aromatic rings. The third-order valence-corrected chi connectivity index (χ3v) is 7.73. The van der Waals surface area contributed by atoms with Crippen molar-refractivity contribution in [3.8, 4) is 0 Å². The van der Waals surface area contributed by atoms with E-state index in [4.69, 9.17) is 23.2 Å². The first-order valence-corrected chi connectivity index (χ1v) is 12.5. The number of hydrogen-bond acceptors (Lipinski definition) is 4. The number of rotatable bonds is 5. The highest BCUT2D eigenvalue weighted by atomic mass is 35.5. The van der Waals surface area contributed by atoms with Crippen molar-refractivity contribution >= 4 is 34.9 Å². The van der Waals surface area contributed by atoms with Gasteiger partial charge in [0.2, 0.25) is 0 Å². The van der Waals surface area contributed by atoms with Gasteiger partial charge in [0.1, 0.15) is 0 Å². The molecule has 7 nitrogen and oxygen atoms in total. The molecule has 1 aromatic carbocycles. The Labute approximate surface area is 206 Å². The summed E-state index contributed by atoms with van der Waals surface area (Å²) in [5, 5.41) is 8.43. The zero-order valence-electron chi connectivity index (χ0n) is 19.8. The van der Waals surface area contributed by atoms with E-state index in [1.165, 1.54) is 24.1 Å². The first-order valence-electron chi connectivity index (χ1n) is 11.7. The van der Waals surface area contributed by atoms with E-state index in [0.29, 0.717) is 21.7 Å². The second-order valence-electron chi connectivity index (χ2n) is 9.36. The van der Waals surface area contributed by atoms with E-state index < -0.39 is 0 Å². The van der Waals surface area contributed by atoms with Gasteiger partial charge in [0.05, 0.1) is 15.7 Å². The minimum atomic E-state index is -0.0842. The van der Waals surface area contributed by atoms with Gasteiger partial charge in [-0.3, -0.25) is 14.5 Å². The highest BCUT2D eigenvalue weighted by molar-refractivity contribution is 6.42. The Bertz CT molecular complexity index is 986. The van der Waals surface area contributed by atoms with Crippen molar-refractivity contribution in [2.75, 3.05) is 51.1 Å². The number of carbonyl (C=O) groups excluding carboxylic acids is 1. The molecule has 2 amide bonds. The number of piperidine rings is 1. The molecule has 2 aliphatic rings. The molecular formula is C24H34Cl2N6O. The number of nitrogens with zero attached hydrogens (tertiary/aromatic N) is 5. The molecule has 3 heterocycles. The fourth-order valence-electron chi connectivity index (χ4n) is 4.99. The normalized spacial score (nSPS) is 20.3. The van der Waals surface area contributed by atoms with Gasteiger partial charge >= 0.3 is 6.03 Å². The minimum absolute atomic E-state index is 0.0842. The molecule has 1 aromatic heterocycles. The van der Waals surface area contributed by atoms with E-state index in [9.17, 15) is 4.79 Å². The summed E-state index contributed by atoms with van der Waals surface area (Å²) < 4.78 is 1.99. The van der Waals surface area contributed by atoms with Crippen LogP contribution in [0.25, 0.3) is 0 Å². The molecule has 0 unspecified atom stereocenters. The quantitative estimate of drug-likeness (QED) is 0.671. The molecule has 0 bridgehead atoms. The summed E-state index contributed by atoms with van der Waals surface area (Å²) in [4.78, 5) is 19.6. The van der Waals surface area contributed by atoms with Crippen LogP contribution < -0.4 is 5.32 Å². The van der Waals surface area contributed by atoms with E-state index in [1.54, 1.807) is 18.2 Å². The first-order chi connectivity index (χ1) is 15.8. The van der Waals surface area contributed by atoms with Crippen LogP contribution in [0.2, 0.25) is 10.0 Å². The zero-order chi connectivity index (χ0) is 23.5. The SMILES string of the molecule is Cc1nn(C)c(C)c1CN1CCC[C@@H](CN2CCN(C(=O)Nc3ccc(Cl)c(Cl)c3)CC2)C1. The molecule has 0 spiro atoms. The summed E-state index contributed by atoms with van der Waals surface area (Å²) in [5.74, 6) is 0.674. The Morgan fingerprint density at radius 1 is 1.09 bits per heavy atom. The van der Waals surface area contributed by atoms with Crippen LogP contribution in [0.3, 0.4) is 0 Å². The second kappa shape index (κ2) is 10.6. The number of likely N-dealkylation sites (tertiary alicyclic amines) is 1. The average molecular weight is 493 g/mol. The lowest BCUT2D eigenvalue weighted by molar-refractivity contribution is 0.0983. The van der Waals surface area contributed by atoms with E-state index in [0.717, 1.165) is 58.1 Å². The monoisotopic (exact) mass is 492 g/mol. The maximum Gasteiger partial charge on any atom is 0.321 e. The van der Waals surface area contributed by atoms with Crippen molar-refractivity contribution in [3.05, 3.63) is 45.2 Å². The van der Waals surface area contributed by atoms with Crippen LogP contribution in [-0.4, -0.2) is 76.3 Å². The molecule has 1 N–H and O–H groups in total. The van der Waals surface area contributed by atoms with Gasteiger partial charge < -0.3 is 10.2 Å². The van der Waals surface area contributed by atoms with Crippen LogP contribution in [0, 0.1) is 19.8 Å². The average Bonchev–Trinajstić information content (AvgIpc) is 3.03. The predicted molar refractivity (Wildman–Crippen MR) is 134 cm³/mol. The van der Waals surface area contributed by atoms with Gasteiger partial charge in [-0.1, -0.05) is 23.2 Å². The van der Waals surface area contributed by atoms with Gasteiger partial charge in [-0.2, -0.15) is 5.10 Å². The standard InChI is InChI=1S/C24H34Cl2N6O/c1-17-21(18(2)29(3)28-17)16-31-8-4-5-19(15-31)14-30-9-11-32(12-10-30)24(33)27-20-6-7-22(25)23(26)13-20/h6-7,13,19H,4-5,8-12,14-16H2,1-3H3,(H,27,33)/t19-/m0/s1. The summed E-state index contributed by atoms with van der Waals surface area (Å²) >= 11 is 12.0. The molecule has 2 saturated heterocycles. The number of urea groups is 1. The molecule has 0 saturated carbocycles. The molecule has 0 aliphatic carbocycles. The maximum atomic E-state index is 12.6. The van der Waals surface area contributed by atoms with Gasteiger partial charge in [0.25, 0.3) is 0 Å². The molecule has 2 fully saturated rings. The number of amides is 2. The van der Waals surface area contributed by atoms with Crippen LogP contribution in [0.1, 0.15) is 29.8 Å². The molecule has 33 heavy (non-hydrogen) atoms. The number of piperazine rings is 1. The zero-order valence-corrected chi connectivity index (χ0v) is 21.3. The molecule has 9 heteroatoms. The van der Waals surface area contributed by atoms with Crippen LogP contribution in [0.15, 0.2) is 18.2 Å². The molecular weight excluding hydrogens is 459 g/mol. The lowest BCUT2D eigenvalue weighted by Gasteiger charge is -2.39. The van der Waals surface area contributed by atoms with Gasteiger partial charge in [0.15, 0.2) is 0 Å². The number of benzene rings is 1. The third-order valence-electron chi connectivity index (χ3n) is 6.99. The minimum Gasteiger partial charge on any atom is -0.322 e. The Hall–Kier alpha value is -1.80. The van der Waals surface area contributed by atoms with Gasteiger partial charge in [-0.15, -0.1) is 0 Å². The Balaban J connectivity index is 1.23. The van der Waals surface area contributed by atoms with Crippen molar-refractivity contribution in [1.82, 2.24) is 24.5 Å². The van der Waals surface area contributed by atoms with Gasteiger partial charge in [0, 0.05) is 69.8 Å². The lowest BCUT2D eigenvalue weighted by atomic mass is 9.96. The number of carbonyl (C=O) groups is 1. The highest BCUT2D eigenvalue weighted by Crippen LogP contribution is 2.26. The Morgan fingerprint density at radius 2 is 1.85 bits per heavy atom. The number of halogens is 2. The van der Waals surface area contributed by atoms with Crippen molar-refractivity contribution in [3.63, 3.8) is 0 Å². The van der Waals surface area contributed by atoms with Gasteiger partial charge in [-0.05, 0) is 57.4 Å². The number of anilines is 1. The van der Waals surface area contributed by atoms with E-state index >= 15 is 0 Å². The van der Waals surface area contributed by atoms with Crippen molar-refractivity contribution < 1.29 is 4.79 Å². The molecule has 0 radical (unpaired) electrons. The molecule has 1 atom stereocenters. The second-order valence-corrected chi connectivity index (χ2v) is 10.2. The molecule has 4 rings (SSSR count). The fraction of sp³-hybridized carbons (Fsp3) is 0.583. The van der Waals surface area contributed by atoms with Crippen molar-refractivity contribution in [1.29, 1.82) is 0 Å².